The van der Waals surface area contributed by atoms with E-state index in [1.165, 1.54) is 0 Å². The van der Waals surface area contributed by atoms with Crippen LogP contribution in [0, 0.1) is 6.92 Å². The van der Waals surface area contributed by atoms with Crippen LogP contribution in [-0.4, -0.2) is 40.9 Å². The molecule has 0 aliphatic carbocycles. The summed E-state index contributed by atoms with van der Waals surface area (Å²) >= 11 is 0. The van der Waals surface area contributed by atoms with Crippen LogP contribution in [0.3, 0.4) is 0 Å². The van der Waals surface area contributed by atoms with E-state index in [9.17, 15) is 14.4 Å². The van der Waals surface area contributed by atoms with Crippen molar-refractivity contribution in [3.05, 3.63) is 29.3 Å². The van der Waals surface area contributed by atoms with Crippen LogP contribution >= 0.6 is 0 Å². The molecule has 1 aliphatic heterocycles. The van der Waals surface area contributed by atoms with Gasteiger partial charge in [0.2, 0.25) is 5.91 Å². The van der Waals surface area contributed by atoms with E-state index in [-0.39, 0.29) is 24.7 Å². The predicted molar refractivity (Wildman–Crippen MR) is 86.4 cm³/mol. The highest BCUT2D eigenvalue weighted by Gasteiger charge is 2.20. The number of nitrogens with zero attached hydrogens (tertiary/aromatic N) is 1. The molecule has 1 aliphatic rings. The Kier molecular flexibility index (Phi) is 5.73. The average Bonchev–Trinajstić information content (AvgIpc) is 3.02. The maximum absolute atomic E-state index is 12.3. The molecule has 1 heterocycles. The standard InChI is InChI=1S/C17H22N2O4/c1-12-11-13(17(23)19-9-2-3-10-19)7-8-14(12)18-15(20)5-4-6-16(21)22/h7-8,11H,2-6,9-10H2,1H3,(H,18,20)(H,21,22). The summed E-state index contributed by atoms with van der Waals surface area (Å²) in [6.07, 6.45) is 2.56. The molecular formula is C17H22N2O4. The third-order valence-electron chi connectivity index (χ3n) is 3.94. The minimum Gasteiger partial charge on any atom is -0.481 e. The molecule has 2 N–H and O–H groups in total. The summed E-state index contributed by atoms with van der Waals surface area (Å²) in [7, 11) is 0. The van der Waals surface area contributed by atoms with Gasteiger partial charge in [0.05, 0.1) is 0 Å². The molecule has 0 saturated carbocycles. The van der Waals surface area contributed by atoms with Gasteiger partial charge in [-0.15, -0.1) is 0 Å². The average molecular weight is 318 g/mol. The summed E-state index contributed by atoms with van der Waals surface area (Å²) in [6, 6.07) is 5.24. The van der Waals surface area contributed by atoms with Crippen LogP contribution in [0.4, 0.5) is 5.69 Å². The maximum Gasteiger partial charge on any atom is 0.303 e. The van der Waals surface area contributed by atoms with Crippen molar-refractivity contribution in [2.75, 3.05) is 18.4 Å². The fourth-order valence-corrected chi connectivity index (χ4v) is 2.65. The first-order valence-corrected chi connectivity index (χ1v) is 7.89. The molecule has 0 atom stereocenters. The molecule has 0 aromatic heterocycles. The van der Waals surface area contributed by atoms with Gasteiger partial charge in [-0.05, 0) is 49.9 Å². The lowest BCUT2D eigenvalue weighted by molar-refractivity contribution is -0.137. The van der Waals surface area contributed by atoms with Gasteiger partial charge in [-0.1, -0.05) is 0 Å². The second-order valence-corrected chi connectivity index (χ2v) is 5.82. The molecule has 0 unspecified atom stereocenters. The Morgan fingerprint density at radius 1 is 1.17 bits per heavy atom. The lowest BCUT2D eigenvalue weighted by Gasteiger charge is -2.16. The van der Waals surface area contributed by atoms with E-state index in [0.29, 0.717) is 17.7 Å². The fourth-order valence-electron chi connectivity index (χ4n) is 2.65. The zero-order chi connectivity index (χ0) is 16.8. The quantitative estimate of drug-likeness (QED) is 0.843. The summed E-state index contributed by atoms with van der Waals surface area (Å²) in [6.45, 7) is 3.45. The Morgan fingerprint density at radius 2 is 1.87 bits per heavy atom. The number of hydrogen-bond acceptors (Lipinski definition) is 3. The number of benzene rings is 1. The number of carboxylic acid groups (broad SMARTS) is 1. The molecule has 6 heteroatoms. The fraction of sp³-hybridized carbons (Fsp3) is 0.471. The van der Waals surface area contributed by atoms with Crippen molar-refractivity contribution in [3.8, 4) is 0 Å². The molecule has 6 nitrogen and oxygen atoms in total. The number of carbonyl (C=O) groups excluding carboxylic acids is 2. The van der Waals surface area contributed by atoms with Gasteiger partial charge in [0.15, 0.2) is 0 Å². The minimum atomic E-state index is -0.904. The zero-order valence-electron chi connectivity index (χ0n) is 13.3. The molecule has 124 valence electrons. The summed E-state index contributed by atoms with van der Waals surface area (Å²) in [5, 5.41) is 11.3. The van der Waals surface area contributed by atoms with Crippen molar-refractivity contribution in [2.45, 2.75) is 39.0 Å². The van der Waals surface area contributed by atoms with Crippen LogP contribution in [0.5, 0.6) is 0 Å². The molecule has 0 radical (unpaired) electrons. The molecule has 0 spiro atoms. The molecular weight excluding hydrogens is 296 g/mol. The number of likely N-dealkylation sites (tertiary alicyclic amines) is 1. The lowest BCUT2D eigenvalue weighted by atomic mass is 10.1. The van der Waals surface area contributed by atoms with E-state index in [1.54, 1.807) is 18.2 Å². The summed E-state index contributed by atoms with van der Waals surface area (Å²) in [5.41, 5.74) is 2.11. The van der Waals surface area contributed by atoms with E-state index < -0.39 is 5.97 Å². The summed E-state index contributed by atoms with van der Waals surface area (Å²) in [4.78, 5) is 36.4. The largest absolute Gasteiger partial charge is 0.481 e. The Labute approximate surface area is 135 Å². The number of aryl methyl sites for hydroxylation is 1. The van der Waals surface area contributed by atoms with Gasteiger partial charge in [0.1, 0.15) is 0 Å². The van der Waals surface area contributed by atoms with Gasteiger partial charge < -0.3 is 15.3 Å². The van der Waals surface area contributed by atoms with Gasteiger partial charge in [0.25, 0.3) is 5.91 Å². The van der Waals surface area contributed by atoms with Crippen molar-refractivity contribution in [2.24, 2.45) is 0 Å². The number of carboxylic acids is 1. The van der Waals surface area contributed by atoms with Crippen LogP contribution in [0.2, 0.25) is 0 Å². The highest BCUT2D eigenvalue weighted by atomic mass is 16.4. The van der Waals surface area contributed by atoms with Gasteiger partial charge in [-0.2, -0.15) is 0 Å². The number of nitrogens with one attached hydrogen (secondary N) is 1. The number of hydrogen-bond donors (Lipinski definition) is 2. The lowest BCUT2D eigenvalue weighted by Crippen LogP contribution is -2.27. The first kappa shape index (κ1) is 17.0. The Bertz CT molecular complexity index is 607. The zero-order valence-corrected chi connectivity index (χ0v) is 13.3. The van der Waals surface area contributed by atoms with Crippen molar-refractivity contribution in [3.63, 3.8) is 0 Å². The van der Waals surface area contributed by atoms with Crippen LogP contribution < -0.4 is 5.32 Å². The highest BCUT2D eigenvalue weighted by molar-refractivity contribution is 5.96. The van der Waals surface area contributed by atoms with Crippen LogP contribution in [-0.2, 0) is 9.59 Å². The Balaban J connectivity index is 1.94. The topological polar surface area (TPSA) is 86.7 Å². The number of carbonyl (C=O) groups is 3. The van der Waals surface area contributed by atoms with Crippen molar-refractivity contribution >= 4 is 23.5 Å². The molecule has 2 rings (SSSR count). The van der Waals surface area contributed by atoms with Gasteiger partial charge >= 0.3 is 5.97 Å². The Morgan fingerprint density at radius 3 is 2.48 bits per heavy atom. The smallest absolute Gasteiger partial charge is 0.303 e. The van der Waals surface area contributed by atoms with Crippen molar-refractivity contribution in [1.29, 1.82) is 0 Å². The van der Waals surface area contributed by atoms with Crippen LogP contribution in [0.25, 0.3) is 0 Å². The molecule has 0 bridgehead atoms. The molecule has 1 aromatic carbocycles. The number of amides is 2. The highest BCUT2D eigenvalue weighted by Crippen LogP contribution is 2.20. The van der Waals surface area contributed by atoms with E-state index in [4.69, 9.17) is 5.11 Å². The summed E-state index contributed by atoms with van der Waals surface area (Å²) < 4.78 is 0. The minimum absolute atomic E-state index is 0.0182. The predicted octanol–water partition coefficient (Wildman–Crippen LogP) is 2.42. The molecule has 2 amide bonds. The SMILES string of the molecule is Cc1cc(C(=O)N2CCCC2)ccc1NC(=O)CCCC(=O)O. The second kappa shape index (κ2) is 7.76. The maximum atomic E-state index is 12.3. The van der Waals surface area contributed by atoms with E-state index in [2.05, 4.69) is 5.32 Å². The number of aliphatic carboxylic acids is 1. The molecule has 1 fully saturated rings. The van der Waals surface area contributed by atoms with Gasteiger partial charge in [0, 0.05) is 37.2 Å². The normalized spacial score (nSPS) is 13.9. The third kappa shape index (κ3) is 4.81. The summed E-state index contributed by atoms with van der Waals surface area (Å²) in [5.74, 6) is -1.09. The third-order valence-corrected chi connectivity index (χ3v) is 3.94. The van der Waals surface area contributed by atoms with Crippen LogP contribution in [0.1, 0.15) is 48.0 Å². The first-order valence-electron chi connectivity index (χ1n) is 7.89. The Hall–Kier alpha value is -2.37. The molecule has 1 aromatic rings. The van der Waals surface area contributed by atoms with E-state index in [1.807, 2.05) is 11.8 Å². The van der Waals surface area contributed by atoms with Crippen LogP contribution in [0.15, 0.2) is 18.2 Å². The van der Waals surface area contributed by atoms with Crippen molar-refractivity contribution < 1.29 is 19.5 Å². The first-order chi connectivity index (χ1) is 11.0. The molecule has 1 saturated heterocycles. The second-order valence-electron chi connectivity index (χ2n) is 5.82. The molecule has 23 heavy (non-hydrogen) atoms. The van der Waals surface area contributed by atoms with E-state index >= 15 is 0 Å². The monoisotopic (exact) mass is 318 g/mol. The number of rotatable bonds is 6. The number of anilines is 1. The van der Waals surface area contributed by atoms with Crippen molar-refractivity contribution in [1.82, 2.24) is 4.90 Å². The van der Waals surface area contributed by atoms with Gasteiger partial charge in [-0.3, -0.25) is 14.4 Å². The van der Waals surface area contributed by atoms with E-state index in [0.717, 1.165) is 31.5 Å². The van der Waals surface area contributed by atoms with Gasteiger partial charge in [-0.25, -0.2) is 0 Å².